The lowest BCUT2D eigenvalue weighted by Crippen LogP contribution is -2.15. The second-order valence-electron chi connectivity index (χ2n) is 6.00. The van der Waals surface area contributed by atoms with Crippen LogP contribution in [0.4, 0.5) is 14.5 Å². The van der Waals surface area contributed by atoms with Crippen LogP contribution >= 0.6 is 0 Å². The summed E-state index contributed by atoms with van der Waals surface area (Å²) in [5, 5.41) is 10.7. The first kappa shape index (κ1) is 17.8. The van der Waals surface area contributed by atoms with Crippen LogP contribution in [0.2, 0.25) is 0 Å². The van der Waals surface area contributed by atoms with E-state index in [0.29, 0.717) is 33.9 Å². The first-order valence-electron chi connectivity index (χ1n) is 8.13. The van der Waals surface area contributed by atoms with Crippen molar-refractivity contribution in [3.05, 3.63) is 65.2 Å². The molecular weight excluding hydrogens is 340 g/mol. The number of rotatable bonds is 6. The summed E-state index contributed by atoms with van der Waals surface area (Å²) in [4.78, 5) is 12.3. The highest BCUT2D eigenvalue weighted by atomic mass is 19.3. The Labute approximate surface area is 149 Å². The third kappa shape index (κ3) is 3.96. The summed E-state index contributed by atoms with van der Waals surface area (Å²) in [5.41, 5.74) is 2.97. The van der Waals surface area contributed by atoms with Crippen molar-refractivity contribution in [2.24, 2.45) is 0 Å². The molecule has 2 heterocycles. The van der Waals surface area contributed by atoms with E-state index in [2.05, 4.69) is 15.5 Å². The zero-order valence-electron chi connectivity index (χ0n) is 14.5. The number of hydrogen-bond acceptors (Lipinski definition) is 3. The van der Waals surface area contributed by atoms with Gasteiger partial charge in [-0.1, -0.05) is 12.1 Å². The first-order chi connectivity index (χ1) is 12.4. The number of hydrogen-bond donors (Lipinski definition) is 1. The van der Waals surface area contributed by atoms with E-state index in [1.165, 1.54) is 0 Å². The van der Waals surface area contributed by atoms with Crippen LogP contribution in [0, 0.1) is 13.8 Å². The van der Waals surface area contributed by atoms with E-state index in [4.69, 9.17) is 0 Å². The number of carbonyl (C=O) groups is 1. The maximum Gasteiger partial charge on any atom is 0.333 e. The van der Waals surface area contributed by atoms with Crippen molar-refractivity contribution in [1.29, 1.82) is 0 Å². The highest BCUT2D eigenvalue weighted by molar-refractivity contribution is 5.92. The van der Waals surface area contributed by atoms with Gasteiger partial charge in [0.25, 0.3) is 0 Å². The fraction of sp³-hybridized carbons (Fsp3) is 0.278. The molecule has 0 atom stereocenters. The molecule has 0 fully saturated rings. The quantitative estimate of drug-likeness (QED) is 0.734. The monoisotopic (exact) mass is 359 g/mol. The van der Waals surface area contributed by atoms with Gasteiger partial charge in [0.15, 0.2) is 0 Å². The summed E-state index contributed by atoms with van der Waals surface area (Å²) in [6.07, 6.45) is 3.59. The van der Waals surface area contributed by atoms with Crippen LogP contribution in [-0.4, -0.2) is 25.5 Å². The smallest absolute Gasteiger partial charge is 0.326 e. The van der Waals surface area contributed by atoms with Crippen molar-refractivity contribution in [1.82, 2.24) is 19.6 Å². The molecule has 0 saturated heterocycles. The number of carbonyl (C=O) groups excluding carboxylic acids is 1. The molecular formula is C18H19F2N5O. The Kier molecular flexibility index (Phi) is 5.11. The molecule has 2 aromatic heterocycles. The molecule has 0 unspecified atom stereocenters. The fourth-order valence-corrected chi connectivity index (χ4v) is 2.78. The Morgan fingerprint density at radius 2 is 1.96 bits per heavy atom. The molecule has 1 amide bonds. The molecule has 0 bridgehead atoms. The van der Waals surface area contributed by atoms with E-state index < -0.39 is 6.55 Å². The molecule has 136 valence electrons. The van der Waals surface area contributed by atoms with Crippen molar-refractivity contribution in [3.63, 3.8) is 0 Å². The van der Waals surface area contributed by atoms with Gasteiger partial charge in [-0.25, -0.2) is 4.68 Å². The van der Waals surface area contributed by atoms with E-state index in [0.717, 1.165) is 5.56 Å². The van der Waals surface area contributed by atoms with Crippen molar-refractivity contribution in [2.75, 3.05) is 5.32 Å². The van der Waals surface area contributed by atoms with E-state index in [1.807, 2.05) is 24.4 Å². The van der Waals surface area contributed by atoms with Gasteiger partial charge in [-0.05, 0) is 37.6 Å². The minimum atomic E-state index is -2.71. The summed E-state index contributed by atoms with van der Waals surface area (Å²) >= 11 is 0. The highest BCUT2D eigenvalue weighted by Crippen LogP contribution is 2.20. The van der Waals surface area contributed by atoms with Crippen LogP contribution in [-0.2, 0) is 17.8 Å². The third-order valence-electron chi connectivity index (χ3n) is 4.14. The number of alkyl halides is 2. The van der Waals surface area contributed by atoms with Gasteiger partial charge in [-0.15, -0.1) is 0 Å². The van der Waals surface area contributed by atoms with E-state index in [-0.39, 0.29) is 12.3 Å². The second-order valence-corrected chi connectivity index (χ2v) is 6.00. The van der Waals surface area contributed by atoms with Gasteiger partial charge in [-0.2, -0.15) is 19.0 Å². The lowest BCUT2D eigenvalue weighted by atomic mass is 10.1. The Morgan fingerprint density at radius 3 is 2.54 bits per heavy atom. The van der Waals surface area contributed by atoms with Crippen LogP contribution in [0.5, 0.6) is 0 Å². The Hall–Kier alpha value is -3.03. The van der Waals surface area contributed by atoms with Gasteiger partial charge in [0.05, 0.1) is 18.7 Å². The van der Waals surface area contributed by atoms with E-state index >= 15 is 0 Å². The molecule has 6 nitrogen and oxygen atoms in total. The molecule has 0 spiro atoms. The highest BCUT2D eigenvalue weighted by Gasteiger charge is 2.19. The molecule has 0 aliphatic heterocycles. The molecule has 26 heavy (non-hydrogen) atoms. The topological polar surface area (TPSA) is 64.7 Å². The lowest BCUT2D eigenvalue weighted by molar-refractivity contribution is -0.115. The normalized spacial score (nSPS) is 11.1. The van der Waals surface area contributed by atoms with Gasteiger partial charge < -0.3 is 5.32 Å². The van der Waals surface area contributed by atoms with Crippen LogP contribution in [0.25, 0.3) is 0 Å². The standard InChI is InChI=1S/C18H19F2N5O/c1-12-16(13(2)25(23-12)18(19)20)10-17(26)22-15-6-4-14(5-7-15)11-24-9-3-8-21-24/h3-9,18H,10-11H2,1-2H3,(H,22,26). The third-order valence-corrected chi connectivity index (χ3v) is 4.14. The number of nitrogens with zero attached hydrogens (tertiary/aromatic N) is 4. The van der Waals surface area contributed by atoms with E-state index in [1.54, 1.807) is 36.9 Å². The number of benzene rings is 1. The average molecular weight is 359 g/mol. The van der Waals surface area contributed by atoms with Gasteiger partial charge in [0.2, 0.25) is 5.91 Å². The zero-order chi connectivity index (χ0) is 18.7. The number of aryl methyl sites for hydroxylation is 1. The molecule has 0 aliphatic carbocycles. The summed E-state index contributed by atoms with van der Waals surface area (Å²) < 4.78 is 28.2. The summed E-state index contributed by atoms with van der Waals surface area (Å²) in [6, 6.07) is 9.28. The molecule has 3 aromatic rings. The molecule has 8 heteroatoms. The van der Waals surface area contributed by atoms with Crippen molar-refractivity contribution < 1.29 is 13.6 Å². The van der Waals surface area contributed by atoms with Gasteiger partial charge in [0, 0.05) is 29.3 Å². The van der Waals surface area contributed by atoms with Crippen LogP contribution < -0.4 is 5.32 Å². The van der Waals surface area contributed by atoms with Crippen molar-refractivity contribution in [3.8, 4) is 0 Å². The maximum absolute atomic E-state index is 12.9. The number of amides is 1. The molecule has 1 N–H and O–H groups in total. The van der Waals surface area contributed by atoms with E-state index in [9.17, 15) is 13.6 Å². The summed E-state index contributed by atoms with van der Waals surface area (Å²) in [6.45, 7) is 1.09. The van der Waals surface area contributed by atoms with Gasteiger partial charge in [0.1, 0.15) is 0 Å². The molecule has 1 aromatic carbocycles. The number of anilines is 1. The summed E-state index contributed by atoms with van der Waals surface area (Å²) in [5.74, 6) is -0.273. The lowest BCUT2D eigenvalue weighted by Gasteiger charge is -2.08. The molecule has 0 saturated carbocycles. The Morgan fingerprint density at radius 1 is 1.23 bits per heavy atom. The number of halogens is 2. The predicted molar refractivity (Wildman–Crippen MR) is 93.1 cm³/mol. The Bertz CT molecular complexity index is 885. The minimum absolute atomic E-state index is 0.000570. The largest absolute Gasteiger partial charge is 0.333 e. The molecule has 0 radical (unpaired) electrons. The average Bonchev–Trinajstić information content (AvgIpc) is 3.20. The predicted octanol–water partition coefficient (Wildman–Crippen LogP) is 3.32. The molecule has 3 rings (SSSR count). The first-order valence-corrected chi connectivity index (χ1v) is 8.13. The van der Waals surface area contributed by atoms with Gasteiger partial charge >= 0.3 is 6.55 Å². The van der Waals surface area contributed by atoms with Crippen LogP contribution in [0.15, 0.2) is 42.7 Å². The zero-order valence-corrected chi connectivity index (χ0v) is 14.5. The Balaban J connectivity index is 1.63. The minimum Gasteiger partial charge on any atom is -0.326 e. The van der Waals surface area contributed by atoms with Crippen molar-refractivity contribution >= 4 is 11.6 Å². The summed E-state index contributed by atoms with van der Waals surface area (Å²) in [7, 11) is 0. The second kappa shape index (κ2) is 7.47. The van der Waals surface area contributed by atoms with Gasteiger partial charge in [-0.3, -0.25) is 9.48 Å². The van der Waals surface area contributed by atoms with Crippen molar-refractivity contribution in [2.45, 2.75) is 33.4 Å². The van der Waals surface area contributed by atoms with Crippen LogP contribution in [0.1, 0.15) is 29.1 Å². The maximum atomic E-state index is 12.9. The fourth-order valence-electron chi connectivity index (χ4n) is 2.78. The van der Waals surface area contributed by atoms with Crippen LogP contribution in [0.3, 0.4) is 0 Å². The molecule has 0 aliphatic rings. The number of aromatic nitrogens is 4. The SMILES string of the molecule is Cc1nn(C(F)F)c(C)c1CC(=O)Nc1ccc(Cn2cccn2)cc1. The number of nitrogens with one attached hydrogen (secondary N) is 1.